The Bertz CT molecular complexity index is 1010. The monoisotopic (exact) mass is 411 g/mol. The Morgan fingerprint density at radius 1 is 1.10 bits per heavy atom. The number of nitrogens with two attached hydrogens (primary N) is 1. The Morgan fingerprint density at radius 3 is 2.34 bits per heavy atom. The van der Waals surface area contributed by atoms with Crippen LogP contribution in [0.4, 0.5) is 10.5 Å². The van der Waals surface area contributed by atoms with Crippen molar-refractivity contribution in [2.75, 3.05) is 5.32 Å². The Morgan fingerprint density at radius 2 is 1.72 bits per heavy atom. The van der Waals surface area contributed by atoms with Crippen LogP contribution < -0.4 is 10.5 Å². The van der Waals surface area contributed by atoms with Crippen LogP contribution in [0.2, 0.25) is 0 Å². The molecule has 2 aliphatic carbocycles. The van der Waals surface area contributed by atoms with Gasteiger partial charge in [-0.2, -0.15) is 0 Å². The summed E-state index contributed by atoms with van der Waals surface area (Å²) in [6.07, 6.45) is 7.68. The van der Waals surface area contributed by atoms with Gasteiger partial charge in [0.25, 0.3) is 0 Å². The fraction of sp³-hybridized carbons (Fsp3) is 0.435. The number of anilines is 1. The second-order valence-corrected chi connectivity index (χ2v) is 10.4. The number of carbonyl (C=O) groups is 1. The lowest BCUT2D eigenvalue weighted by Crippen LogP contribution is -2.28. The number of rotatable bonds is 5. The van der Waals surface area contributed by atoms with E-state index in [1.54, 1.807) is 6.92 Å². The molecule has 6 heteroatoms. The number of nitrogens with zero attached hydrogens (tertiary/aromatic N) is 1. The number of aryl methyl sites for hydroxylation is 3. The zero-order valence-electron chi connectivity index (χ0n) is 16.9. The van der Waals surface area contributed by atoms with Crippen LogP contribution in [-0.4, -0.2) is 15.5 Å². The second-order valence-electron chi connectivity index (χ2n) is 8.20. The predicted molar refractivity (Wildman–Crippen MR) is 118 cm³/mol. The summed E-state index contributed by atoms with van der Waals surface area (Å²) in [6.45, 7) is 1.81. The number of hydrogen-bond acceptors (Lipinski definition) is 2. The molecule has 29 heavy (non-hydrogen) atoms. The Hall–Kier alpha value is -2.18. The molecule has 2 atom stereocenters. The molecule has 0 aliphatic heterocycles. The highest BCUT2D eigenvalue weighted by molar-refractivity contribution is 7.92. The van der Waals surface area contributed by atoms with E-state index >= 15 is 0 Å². The van der Waals surface area contributed by atoms with Gasteiger partial charge in [-0.25, -0.2) is 14.1 Å². The molecule has 3 N–H and O–H groups in total. The average molecular weight is 412 g/mol. The van der Waals surface area contributed by atoms with Gasteiger partial charge in [-0.05, 0) is 86.1 Å². The van der Waals surface area contributed by atoms with Gasteiger partial charge in [-0.1, -0.05) is 36.4 Å². The minimum Gasteiger partial charge on any atom is -0.305 e. The highest BCUT2D eigenvalue weighted by atomic mass is 32.2. The van der Waals surface area contributed by atoms with Gasteiger partial charge in [0.15, 0.2) is 0 Å². The van der Waals surface area contributed by atoms with E-state index < -0.39 is 15.9 Å². The standard InChI is InChI=1S/C23H29N3O2S/c1-16(13-14-17-7-3-2-4-8-17)29(24,28)26-23(27)25-22-20-11-5-9-18(20)15-19-10-6-12-21(19)22/h2-4,7-8,15-16H,5-6,9-14H2,1H3,(H3,24,25,26,27,28)/t16-,29?/m0/s1. The van der Waals surface area contributed by atoms with Gasteiger partial charge in [0.05, 0.1) is 5.25 Å². The molecule has 5 nitrogen and oxygen atoms in total. The summed E-state index contributed by atoms with van der Waals surface area (Å²) < 4.78 is 16.8. The summed E-state index contributed by atoms with van der Waals surface area (Å²) in [4.78, 5) is 12.7. The quantitative estimate of drug-likeness (QED) is 0.756. The van der Waals surface area contributed by atoms with Crippen LogP contribution in [0.15, 0.2) is 40.8 Å². The molecule has 2 aromatic rings. The van der Waals surface area contributed by atoms with Crippen LogP contribution in [0.25, 0.3) is 0 Å². The first-order chi connectivity index (χ1) is 13.9. The van der Waals surface area contributed by atoms with Gasteiger partial charge in [-0.3, -0.25) is 0 Å². The van der Waals surface area contributed by atoms with Gasteiger partial charge in [-0.15, -0.1) is 4.36 Å². The van der Waals surface area contributed by atoms with Crippen molar-refractivity contribution < 1.29 is 9.00 Å². The second kappa shape index (κ2) is 8.28. The summed E-state index contributed by atoms with van der Waals surface area (Å²) in [5, 5.41) is 8.59. The van der Waals surface area contributed by atoms with Crippen molar-refractivity contribution in [3.63, 3.8) is 0 Å². The lowest BCUT2D eigenvalue weighted by atomic mass is 9.99. The van der Waals surface area contributed by atoms with Gasteiger partial charge >= 0.3 is 6.03 Å². The number of hydrogen-bond donors (Lipinski definition) is 2. The molecule has 0 saturated carbocycles. The maximum absolute atomic E-state index is 12.9. The molecule has 154 valence electrons. The highest BCUT2D eigenvalue weighted by Gasteiger charge is 2.25. The van der Waals surface area contributed by atoms with Crippen LogP contribution in [0.3, 0.4) is 0 Å². The number of benzene rings is 2. The molecule has 2 aliphatic rings. The lowest BCUT2D eigenvalue weighted by molar-refractivity contribution is 0.260. The van der Waals surface area contributed by atoms with Crippen molar-refractivity contribution in [1.82, 2.24) is 0 Å². The van der Waals surface area contributed by atoms with E-state index in [4.69, 9.17) is 5.14 Å². The summed E-state index contributed by atoms with van der Waals surface area (Å²) in [5.74, 6) is 0. The average Bonchev–Trinajstić information content (AvgIpc) is 3.35. The topological polar surface area (TPSA) is 84.6 Å². The fourth-order valence-electron chi connectivity index (χ4n) is 4.50. The molecular weight excluding hydrogens is 382 g/mol. The normalized spacial score (nSPS) is 17.9. The van der Waals surface area contributed by atoms with Crippen molar-refractivity contribution in [2.45, 2.75) is 63.5 Å². The molecule has 0 fully saturated rings. The molecule has 0 spiro atoms. The molecule has 0 saturated heterocycles. The number of fused-ring (bicyclic) bond motifs is 2. The van der Waals surface area contributed by atoms with Crippen molar-refractivity contribution >= 4 is 21.6 Å². The lowest BCUT2D eigenvalue weighted by Gasteiger charge is -2.16. The van der Waals surface area contributed by atoms with E-state index in [9.17, 15) is 9.00 Å². The molecule has 4 rings (SSSR count). The highest BCUT2D eigenvalue weighted by Crippen LogP contribution is 2.38. The van der Waals surface area contributed by atoms with E-state index in [-0.39, 0.29) is 5.25 Å². The molecule has 0 aromatic heterocycles. The number of amides is 2. The minimum atomic E-state index is -3.11. The Kier molecular flexibility index (Phi) is 5.74. The Labute approximate surface area is 173 Å². The SMILES string of the molecule is C[C@@H](CCc1ccccc1)S(N)(=O)=NC(=O)Nc1c2c(cc3c1CCC3)CCC2. The van der Waals surface area contributed by atoms with Crippen LogP contribution >= 0.6 is 0 Å². The maximum Gasteiger partial charge on any atom is 0.354 e. The molecule has 1 unspecified atom stereocenters. The van der Waals surface area contributed by atoms with Crippen molar-refractivity contribution in [3.8, 4) is 0 Å². The van der Waals surface area contributed by atoms with E-state index in [1.165, 1.54) is 22.3 Å². The maximum atomic E-state index is 12.9. The Balaban J connectivity index is 1.50. The number of carbonyl (C=O) groups excluding carboxylic acids is 1. The number of nitrogens with one attached hydrogen (secondary N) is 1. The summed E-state index contributed by atoms with van der Waals surface area (Å²) in [5.41, 5.74) is 7.21. The van der Waals surface area contributed by atoms with E-state index in [2.05, 4.69) is 15.7 Å². The zero-order chi connectivity index (χ0) is 20.4. The van der Waals surface area contributed by atoms with Crippen LogP contribution in [0.5, 0.6) is 0 Å². The zero-order valence-corrected chi connectivity index (χ0v) is 17.8. The van der Waals surface area contributed by atoms with Crippen LogP contribution in [0, 0.1) is 0 Å². The first-order valence-corrected chi connectivity index (χ1v) is 12.1. The third-order valence-electron chi connectivity index (χ3n) is 6.19. The largest absolute Gasteiger partial charge is 0.354 e. The molecule has 0 heterocycles. The molecule has 2 amide bonds. The van der Waals surface area contributed by atoms with Crippen molar-refractivity contribution in [1.29, 1.82) is 0 Å². The summed E-state index contributed by atoms with van der Waals surface area (Å²) in [7, 11) is -3.11. The van der Waals surface area contributed by atoms with E-state index in [0.29, 0.717) is 6.42 Å². The smallest absolute Gasteiger partial charge is 0.305 e. The van der Waals surface area contributed by atoms with Crippen molar-refractivity contribution in [2.24, 2.45) is 9.50 Å². The van der Waals surface area contributed by atoms with Crippen LogP contribution in [-0.2, 0) is 42.0 Å². The van der Waals surface area contributed by atoms with Crippen LogP contribution in [0.1, 0.15) is 54.0 Å². The molecular formula is C23H29N3O2S. The fourth-order valence-corrected chi connectivity index (χ4v) is 5.44. The summed E-state index contributed by atoms with van der Waals surface area (Å²) in [6, 6.07) is 11.7. The summed E-state index contributed by atoms with van der Waals surface area (Å²) >= 11 is 0. The first kappa shape index (κ1) is 20.1. The van der Waals surface area contributed by atoms with E-state index in [1.807, 2.05) is 30.3 Å². The molecule has 2 aromatic carbocycles. The molecule has 0 radical (unpaired) electrons. The molecule has 0 bridgehead atoms. The minimum absolute atomic E-state index is 0.374. The third kappa shape index (κ3) is 4.38. The van der Waals surface area contributed by atoms with Gasteiger partial charge in [0, 0.05) is 5.69 Å². The number of urea groups is 1. The first-order valence-electron chi connectivity index (χ1n) is 10.5. The van der Waals surface area contributed by atoms with E-state index in [0.717, 1.165) is 56.2 Å². The third-order valence-corrected chi connectivity index (χ3v) is 8.03. The van der Waals surface area contributed by atoms with Crippen molar-refractivity contribution in [3.05, 3.63) is 64.2 Å². The van der Waals surface area contributed by atoms with Gasteiger partial charge < -0.3 is 5.32 Å². The predicted octanol–water partition coefficient (Wildman–Crippen LogP) is 4.56. The van der Waals surface area contributed by atoms with Gasteiger partial charge in [0.2, 0.25) is 0 Å². The van der Waals surface area contributed by atoms with Gasteiger partial charge in [0.1, 0.15) is 9.92 Å².